The molecular weight excluding hydrogens is 414 g/mol. The SMILES string of the molecule is COn1c(-c2ccc(C=O)cc2)c(-c2ccc(C=O)cc2)c2cc3cccccc-3c2c1=O. The maximum Gasteiger partial charge on any atom is 0.292 e. The van der Waals surface area contributed by atoms with E-state index in [1.54, 1.807) is 36.4 Å². The minimum atomic E-state index is -0.267. The zero-order chi connectivity index (χ0) is 22.9. The molecule has 33 heavy (non-hydrogen) atoms. The molecule has 2 aliphatic rings. The van der Waals surface area contributed by atoms with Crippen molar-refractivity contribution in [3.63, 3.8) is 0 Å². The molecule has 0 atom stereocenters. The number of rotatable bonds is 5. The number of benzene rings is 2. The van der Waals surface area contributed by atoms with Crippen LogP contribution in [0.1, 0.15) is 20.7 Å². The standard InChI is InChI=1S/C28H19NO4/c1-33-29-27(21-13-9-19(17-31)10-14-21)25(20-11-7-18(16-30)8-12-20)24-15-22-5-3-2-4-6-23(22)26(24)28(29)32/h2-17H,1H3. The summed E-state index contributed by atoms with van der Waals surface area (Å²) in [5, 5.41) is 1.36. The average Bonchev–Trinajstić information content (AvgIpc) is 3.06. The molecule has 0 unspecified atom stereocenters. The monoisotopic (exact) mass is 433 g/mol. The summed E-state index contributed by atoms with van der Waals surface area (Å²) in [5.74, 6) is 0. The highest BCUT2D eigenvalue weighted by Crippen LogP contribution is 2.42. The molecule has 0 amide bonds. The molecule has 0 saturated heterocycles. The van der Waals surface area contributed by atoms with Crippen molar-refractivity contribution in [3.05, 3.63) is 106 Å². The van der Waals surface area contributed by atoms with Gasteiger partial charge in [0.1, 0.15) is 19.7 Å². The van der Waals surface area contributed by atoms with Crippen LogP contribution in [-0.4, -0.2) is 24.4 Å². The van der Waals surface area contributed by atoms with E-state index in [1.165, 1.54) is 11.8 Å². The summed E-state index contributed by atoms with van der Waals surface area (Å²) in [6, 6.07) is 25.9. The van der Waals surface area contributed by atoms with Crippen molar-refractivity contribution >= 4 is 23.3 Å². The molecule has 0 fully saturated rings. The van der Waals surface area contributed by atoms with Gasteiger partial charge in [0.05, 0.1) is 11.1 Å². The van der Waals surface area contributed by atoms with E-state index in [0.29, 0.717) is 22.2 Å². The molecule has 3 aromatic rings. The second-order valence-corrected chi connectivity index (χ2v) is 7.70. The first-order valence-corrected chi connectivity index (χ1v) is 10.4. The van der Waals surface area contributed by atoms with Crippen LogP contribution in [-0.2, 0) is 0 Å². The normalized spacial score (nSPS) is 10.9. The summed E-state index contributed by atoms with van der Waals surface area (Å²) < 4.78 is 1.30. The summed E-state index contributed by atoms with van der Waals surface area (Å²) in [5.41, 5.74) is 5.55. The topological polar surface area (TPSA) is 65.4 Å². The number of pyridine rings is 1. The Morgan fingerprint density at radius 1 is 0.727 bits per heavy atom. The molecule has 0 bridgehead atoms. The van der Waals surface area contributed by atoms with Crippen molar-refractivity contribution in [2.75, 3.05) is 7.11 Å². The third-order valence-electron chi connectivity index (χ3n) is 5.86. The van der Waals surface area contributed by atoms with Crippen LogP contribution in [0.2, 0.25) is 0 Å². The van der Waals surface area contributed by atoms with E-state index in [0.717, 1.165) is 45.8 Å². The molecule has 5 heteroatoms. The fourth-order valence-corrected chi connectivity index (χ4v) is 4.32. The lowest BCUT2D eigenvalue weighted by Crippen LogP contribution is -2.27. The lowest BCUT2D eigenvalue weighted by Gasteiger charge is -2.18. The van der Waals surface area contributed by atoms with Gasteiger partial charge in [0.15, 0.2) is 0 Å². The number of aldehydes is 2. The van der Waals surface area contributed by atoms with Gasteiger partial charge < -0.3 is 4.84 Å². The van der Waals surface area contributed by atoms with Gasteiger partial charge in [-0.25, -0.2) is 0 Å². The third kappa shape index (κ3) is 3.31. The maximum atomic E-state index is 13.7. The van der Waals surface area contributed by atoms with Crippen LogP contribution in [0.25, 0.3) is 44.3 Å². The average molecular weight is 433 g/mol. The Morgan fingerprint density at radius 2 is 1.33 bits per heavy atom. The Labute approximate surface area is 189 Å². The van der Waals surface area contributed by atoms with Crippen LogP contribution in [0, 0.1) is 0 Å². The van der Waals surface area contributed by atoms with Crippen molar-refractivity contribution in [2.45, 2.75) is 0 Å². The largest absolute Gasteiger partial charge is 0.413 e. The number of nitrogens with zero attached hydrogens (tertiary/aromatic N) is 1. The zero-order valence-corrected chi connectivity index (χ0v) is 17.8. The van der Waals surface area contributed by atoms with Gasteiger partial charge >= 0.3 is 0 Å². The predicted molar refractivity (Wildman–Crippen MR) is 129 cm³/mol. The quantitative estimate of drug-likeness (QED) is 0.361. The van der Waals surface area contributed by atoms with E-state index in [1.807, 2.05) is 48.5 Å². The highest BCUT2D eigenvalue weighted by atomic mass is 16.6. The fraction of sp³-hybridized carbons (Fsp3) is 0.0357. The first-order chi connectivity index (χ1) is 16.2. The predicted octanol–water partition coefficient (Wildman–Crippen LogP) is 5.12. The lowest BCUT2D eigenvalue weighted by atomic mass is 9.94. The molecule has 0 saturated carbocycles. The van der Waals surface area contributed by atoms with Crippen LogP contribution in [0.5, 0.6) is 0 Å². The number of carbonyl (C=O) groups is 2. The number of carbonyl (C=O) groups excluding carboxylic acids is 2. The second kappa shape index (κ2) is 8.20. The maximum absolute atomic E-state index is 13.7. The molecule has 1 aromatic heterocycles. The van der Waals surface area contributed by atoms with E-state index in [2.05, 4.69) is 0 Å². The minimum absolute atomic E-state index is 0.267. The molecule has 2 aromatic carbocycles. The highest BCUT2D eigenvalue weighted by molar-refractivity contribution is 6.11. The Kier molecular flexibility index (Phi) is 5.07. The fourth-order valence-electron chi connectivity index (χ4n) is 4.32. The zero-order valence-electron chi connectivity index (χ0n) is 17.8. The van der Waals surface area contributed by atoms with Gasteiger partial charge in [-0.2, -0.15) is 0 Å². The summed E-state index contributed by atoms with van der Waals surface area (Å²) in [4.78, 5) is 41.7. The van der Waals surface area contributed by atoms with E-state index < -0.39 is 0 Å². The first kappa shape index (κ1) is 20.4. The van der Waals surface area contributed by atoms with Crippen LogP contribution in [0.3, 0.4) is 0 Å². The van der Waals surface area contributed by atoms with Crippen molar-refractivity contribution in [1.29, 1.82) is 0 Å². The molecule has 0 N–H and O–H groups in total. The third-order valence-corrected chi connectivity index (χ3v) is 5.86. The van der Waals surface area contributed by atoms with Crippen molar-refractivity contribution in [2.24, 2.45) is 0 Å². The summed E-state index contributed by atoms with van der Waals surface area (Å²) >= 11 is 0. The van der Waals surface area contributed by atoms with Gasteiger partial charge in [-0.3, -0.25) is 14.4 Å². The molecule has 0 radical (unpaired) electrons. The van der Waals surface area contributed by atoms with Crippen LogP contribution >= 0.6 is 0 Å². The van der Waals surface area contributed by atoms with Crippen molar-refractivity contribution in [1.82, 2.24) is 4.73 Å². The summed E-state index contributed by atoms with van der Waals surface area (Å²) in [7, 11) is 1.46. The van der Waals surface area contributed by atoms with Gasteiger partial charge in [0, 0.05) is 22.3 Å². The highest BCUT2D eigenvalue weighted by Gasteiger charge is 2.24. The van der Waals surface area contributed by atoms with E-state index in [9.17, 15) is 14.4 Å². The van der Waals surface area contributed by atoms with E-state index in [4.69, 9.17) is 4.84 Å². The molecule has 0 spiro atoms. The van der Waals surface area contributed by atoms with Crippen LogP contribution in [0.15, 0.2) is 89.7 Å². The number of hydrogen-bond donors (Lipinski definition) is 0. The van der Waals surface area contributed by atoms with Crippen LogP contribution in [0.4, 0.5) is 0 Å². The van der Waals surface area contributed by atoms with Gasteiger partial charge in [-0.1, -0.05) is 78.9 Å². The lowest BCUT2D eigenvalue weighted by molar-refractivity contribution is 0.111. The molecule has 2 aliphatic carbocycles. The van der Waals surface area contributed by atoms with E-state index >= 15 is 0 Å². The van der Waals surface area contributed by atoms with Crippen molar-refractivity contribution < 1.29 is 14.4 Å². The number of aromatic nitrogens is 1. The summed E-state index contributed by atoms with van der Waals surface area (Å²) in [6.45, 7) is 0. The molecule has 5 nitrogen and oxygen atoms in total. The van der Waals surface area contributed by atoms with Gasteiger partial charge in [-0.05, 0) is 28.1 Å². The minimum Gasteiger partial charge on any atom is -0.413 e. The van der Waals surface area contributed by atoms with Gasteiger partial charge in [-0.15, -0.1) is 4.73 Å². The molecule has 160 valence electrons. The molecule has 5 rings (SSSR count). The Bertz CT molecular complexity index is 1530. The number of fused-ring (bicyclic) bond motifs is 3. The Hall–Kier alpha value is -4.51. The van der Waals surface area contributed by atoms with E-state index in [-0.39, 0.29) is 5.56 Å². The van der Waals surface area contributed by atoms with Crippen LogP contribution < -0.4 is 10.4 Å². The molecular formula is C28H19NO4. The Morgan fingerprint density at radius 3 is 1.94 bits per heavy atom. The van der Waals surface area contributed by atoms with Gasteiger partial charge in [0.25, 0.3) is 5.56 Å². The summed E-state index contributed by atoms with van der Waals surface area (Å²) in [6.07, 6.45) is 1.57. The molecule has 1 heterocycles. The van der Waals surface area contributed by atoms with Gasteiger partial charge in [0.2, 0.25) is 0 Å². The van der Waals surface area contributed by atoms with Crippen molar-refractivity contribution in [3.8, 4) is 33.5 Å². The second-order valence-electron chi connectivity index (χ2n) is 7.70. The molecule has 0 aliphatic heterocycles. The first-order valence-electron chi connectivity index (χ1n) is 10.4. The number of hydrogen-bond acceptors (Lipinski definition) is 4. The smallest absolute Gasteiger partial charge is 0.292 e. The Balaban J connectivity index is 1.97.